The molecule has 1 N–H and O–H groups in total. The standard InChI is InChI=1S/C15H19NO2S/c1-5-19-14-8-13(17)12-7-9(2)6-11(10(3)16-4)15(12)18-14/h6-8,10,16H,5H2,1-4H3/t10-/m1/s1. The lowest BCUT2D eigenvalue weighted by Crippen LogP contribution is -2.14. The second-order valence-corrected chi connectivity index (χ2v) is 5.87. The van der Waals surface area contributed by atoms with Gasteiger partial charge in [0.25, 0.3) is 0 Å². The molecule has 1 aromatic carbocycles. The normalized spacial score (nSPS) is 12.8. The molecule has 0 spiro atoms. The largest absolute Gasteiger partial charge is 0.449 e. The minimum atomic E-state index is 0.0328. The first-order valence-corrected chi connectivity index (χ1v) is 7.43. The van der Waals surface area contributed by atoms with Crippen LogP contribution >= 0.6 is 11.8 Å². The Bertz CT molecular complexity index is 648. The van der Waals surface area contributed by atoms with E-state index in [1.54, 1.807) is 17.8 Å². The Morgan fingerprint density at radius 1 is 1.37 bits per heavy atom. The molecule has 19 heavy (non-hydrogen) atoms. The molecule has 0 radical (unpaired) electrons. The zero-order chi connectivity index (χ0) is 14.0. The SMILES string of the molecule is CCSc1cc(=O)c2cc(C)cc([C@@H](C)NC)c2o1. The molecule has 1 heterocycles. The lowest BCUT2D eigenvalue weighted by molar-refractivity contribution is 0.491. The topological polar surface area (TPSA) is 42.2 Å². The van der Waals surface area contributed by atoms with E-state index in [-0.39, 0.29) is 11.5 Å². The van der Waals surface area contributed by atoms with Crippen LogP contribution < -0.4 is 10.7 Å². The van der Waals surface area contributed by atoms with Gasteiger partial charge in [-0.1, -0.05) is 24.8 Å². The van der Waals surface area contributed by atoms with Crippen LogP contribution in [0.1, 0.15) is 31.0 Å². The summed E-state index contributed by atoms with van der Waals surface area (Å²) in [5.74, 6) is 0.886. The maximum atomic E-state index is 12.2. The number of benzene rings is 1. The molecular formula is C15H19NO2S. The molecule has 4 heteroatoms. The molecule has 102 valence electrons. The van der Waals surface area contributed by atoms with Crippen LogP contribution in [0.4, 0.5) is 0 Å². The van der Waals surface area contributed by atoms with Crippen LogP contribution in [0.2, 0.25) is 0 Å². The highest BCUT2D eigenvalue weighted by atomic mass is 32.2. The first-order valence-electron chi connectivity index (χ1n) is 6.45. The first-order chi connectivity index (χ1) is 9.06. The van der Waals surface area contributed by atoms with Crippen molar-refractivity contribution in [3.8, 4) is 0 Å². The fourth-order valence-corrected chi connectivity index (χ4v) is 2.72. The predicted molar refractivity (Wildman–Crippen MR) is 81.1 cm³/mol. The van der Waals surface area contributed by atoms with Gasteiger partial charge in [-0.15, -0.1) is 0 Å². The molecule has 1 atom stereocenters. The molecule has 0 amide bonds. The van der Waals surface area contributed by atoms with Gasteiger partial charge in [-0.25, -0.2) is 0 Å². The fraction of sp³-hybridized carbons (Fsp3) is 0.400. The van der Waals surface area contributed by atoms with E-state index in [0.717, 1.165) is 16.9 Å². The zero-order valence-corrected chi connectivity index (χ0v) is 12.6. The third-order valence-corrected chi connectivity index (χ3v) is 3.94. The van der Waals surface area contributed by atoms with Gasteiger partial charge in [0, 0.05) is 17.7 Å². The molecule has 3 nitrogen and oxygen atoms in total. The van der Waals surface area contributed by atoms with Crippen LogP contribution in [0.3, 0.4) is 0 Å². The van der Waals surface area contributed by atoms with E-state index in [1.807, 2.05) is 27.0 Å². The molecular weight excluding hydrogens is 258 g/mol. The Morgan fingerprint density at radius 3 is 2.74 bits per heavy atom. The van der Waals surface area contributed by atoms with E-state index in [0.29, 0.717) is 16.1 Å². The minimum absolute atomic E-state index is 0.0328. The third-order valence-electron chi connectivity index (χ3n) is 3.17. The van der Waals surface area contributed by atoms with Crippen molar-refractivity contribution in [1.82, 2.24) is 5.32 Å². The summed E-state index contributed by atoms with van der Waals surface area (Å²) in [5.41, 5.74) is 2.85. The van der Waals surface area contributed by atoms with Gasteiger partial charge in [0.1, 0.15) is 5.58 Å². The van der Waals surface area contributed by atoms with E-state index in [4.69, 9.17) is 4.42 Å². The van der Waals surface area contributed by atoms with Crippen molar-refractivity contribution < 1.29 is 4.42 Å². The van der Waals surface area contributed by atoms with Crippen LogP contribution in [0, 0.1) is 6.92 Å². The first kappa shape index (κ1) is 14.2. The van der Waals surface area contributed by atoms with Gasteiger partial charge in [-0.2, -0.15) is 0 Å². The molecule has 0 unspecified atom stereocenters. The molecule has 0 aliphatic heterocycles. The van der Waals surface area contributed by atoms with Crippen molar-refractivity contribution in [2.45, 2.75) is 31.9 Å². The summed E-state index contributed by atoms with van der Waals surface area (Å²) in [7, 11) is 1.90. The summed E-state index contributed by atoms with van der Waals surface area (Å²) in [5, 5.41) is 4.56. The van der Waals surface area contributed by atoms with Crippen molar-refractivity contribution in [3.63, 3.8) is 0 Å². The molecule has 2 aromatic rings. The second kappa shape index (κ2) is 5.80. The van der Waals surface area contributed by atoms with Crippen LogP contribution in [-0.4, -0.2) is 12.8 Å². The van der Waals surface area contributed by atoms with Gasteiger partial charge < -0.3 is 9.73 Å². The Kier molecular flexibility index (Phi) is 4.32. The van der Waals surface area contributed by atoms with E-state index < -0.39 is 0 Å². The van der Waals surface area contributed by atoms with E-state index >= 15 is 0 Å². The third kappa shape index (κ3) is 2.85. The molecule has 0 saturated heterocycles. The highest BCUT2D eigenvalue weighted by molar-refractivity contribution is 7.99. The molecule has 0 bridgehead atoms. The van der Waals surface area contributed by atoms with Gasteiger partial charge >= 0.3 is 0 Å². The summed E-state index contributed by atoms with van der Waals surface area (Å²) >= 11 is 1.55. The summed E-state index contributed by atoms with van der Waals surface area (Å²) in [6, 6.07) is 5.71. The monoisotopic (exact) mass is 277 g/mol. The van der Waals surface area contributed by atoms with Crippen molar-refractivity contribution >= 4 is 22.7 Å². The number of hydrogen-bond donors (Lipinski definition) is 1. The maximum Gasteiger partial charge on any atom is 0.193 e. The van der Waals surface area contributed by atoms with E-state index in [1.165, 1.54) is 0 Å². The van der Waals surface area contributed by atoms with Crippen molar-refractivity contribution in [1.29, 1.82) is 0 Å². The van der Waals surface area contributed by atoms with Crippen molar-refractivity contribution in [2.75, 3.05) is 12.8 Å². The molecule has 1 aromatic heterocycles. The fourth-order valence-electron chi connectivity index (χ4n) is 2.10. The maximum absolute atomic E-state index is 12.2. The van der Waals surface area contributed by atoms with E-state index in [9.17, 15) is 4.79 Å². The number of thioether (sulfide) groups is 1. The van der Waals surface area contributed by atoms with Crippen LogP contribution in [0.15, 0.2) is 32.5 Å². The Balaban J connectivity index is 2.76. The Hall–Kier alpha value is -1.26. The zero-order valence-electron chi connectivity index (χ0n) is 11.7. The minimum Gasteiger partial charge on any atom is -0.449 e. The van der Waals surface area contributed by atoms with Crippen LogP contribution in [0.5, 0.6) is 0 Å². The molecule has 0 aliphatic rings. The molecule has 0 fully saturated rings. The summed E-state index contributed by atoms with van der Waals surface area (Å²) in [6.45, 7) is 6.11. The van der Waals surface area contributed by atoms with Gasteiger partial charge in [0.05, 0.1) is 5.39 Å². The van der Waals surface area contributed by atoms with Crippen LogP contribution in [0.25, 0.3) is 11.0 Å². The van der Waals surface area contributed by atoms with Crippen molar-refractivity contribution in [3.05, 3.63) is 39.5 Å². The number of aryl methyl sites for hydroxylation is 1. The lowest BCUT2D eigenvalue weighted by Gasteiger charge is -2.14. The van der Waals surface area contributed by atoms with Crippen molar-refractivity contribution in [2.24, 2.45) is 0 Å². The molecule has 0 saturated carbocycles. The summed E-state index contributed by atoms with van der Waals surface area (Å²) < 4.78 is 5.92. The average Bonchev–Trinajstić information content (AvgIpc) is 2.38. The van der Waals surface area contributed by atoms with E-state index in [2.05, 4.69) is 18.3 Å². The predicted octanol–water partition coefficient (Wildman–Crippen LogP) is 3.49. The smallest absolute Gasteiger partial charge is 0.193 e. The van der Waals surface area contributed by atoms with Crippen LogP contribution in [-0.2, 0) is 0 Å². The Labute approximate surface area is 117 Å². The highest BCUT2D eigenvalue weighted by Gasteiger charge is 2.14. The Morgan fingerprint density at radius 2 is 2.11 bits per heavy atom. The van der Waals surface area contributed by atoms with Gasteiger partial charge in [0.15, 0.2) is 10.5 Å². The average molecular weight is 277 g/mol. The highest BCUT2D eigenvalue weighted by Crippen LogP contribution is 2.28. The summed E-state index contributed by atoms with van der Waals surface area (Å²) in [6.07, 6.45) is 0. The number of hydrogen-bond acceptors (Lipinski definition) is 4. The number of nitrogens with one attached hydrogen (secondary N) is 1. The number of rotatable bonds is 4. The molecule has 0 aliphatic carbocycles. The van der Waals surface area contributed by atoms with Gasteiger partial charge in [0.2, 0.25) is 0 Å². The lowest BCUT2D eigenvalue weighted by atomic mass is 10.0. The second-order valence-electron chi connectivity index (χ2n) is 4.60. The number of fused-ring (bicyclic) bond motifs is 1. The molecule has 2 rings (SSSR count). The summed E-state index contributed by atoms with van der Waals surface area (Å²) in [4.78, 5) is 12.2. The quantitative estimate of drug-likeness (QED) is 0.869. The van der Waals surface area contributed by atoms with Gasteiger partial charge in [-0.3, -0.25) is 4.79 Å². The van der Waals surface area contributed by atoms with Gasteiger partial charge in [-0.05, 0) is 38.3 Å².